The van der Waals surface area contributed by atoms with Crippen LogP contribution in [0.2, 0.25) is 0 Å². The zero-order valence-electron chi connectivity index (χ0n) is 15.8. The van der Waals surface area contributed by atoms with Gasteiger partial charge in [-0.3, -0.25) is 0 Å². The van der Waals surface area contributed by atoms with Gasteiger partial charge in [0.1, 0.15) is 0 Å². The molecular weight excluding hydrogens is 356 g/mol. The Bertz CT molecular complexity index is 1230. The molecule has 0 aromatic heterocycles. The van der Waals surface area contributed by atoms with Crippen LogP contribution >= 0.6 is 11.8 Å². The van der Waals surface area contributed by atoms with Gasteiger partial charge in [-0.15, -0.1) is 0 Å². The molecule has 1 atom stereocenters. The Labute approximate surface area is 169 Å². The average molecular weight is 377 g/mol. The molecule has 4 aromatic rings. The lowest BCUT2D eigenvalue weighted by atomic mass is 9.85. The van der Waals surface area contributed by atoms with Crippen molar-refractivity contribution in [1.29, 1.82) is 0 Å². The van der Waals surface area contributed by atoms with E-state index >= 15 is 0 Å². The maximum Gasteiger partial charge on any atom is 0.0201 e. The molecule has 134 valence electrons. The van der Waals surface area contributed by atoms with Gasteiger partial charge in [-0.05, 0) is 68.6 Å². The summed E-state index contributed by atoms with van der Waals surface area (Å²) in [4.78, 5) is 2.73. The maximum absolute atomic E-state index is 2.39. The average Bonchev–Trinajstić information content (AvgIpc) is 3.08. The van der Waals surface area contributed by atoms with E-state index in [0.717, 1.165) is 6.42 Å². The predicted molar refractivity (Wildman–Crippen MR) is 120 cm³/mol. The van der Waals surface area contributed by atoms with Crippen molar-refractivity contribution in [3.8, 4) is 0 Å². The number of allylic oxidation sites excluding steroid dienone is 1. The van der Waals surface area contributed by atoms with E-state index in [4.69, 9.17) is 0 Å². The molecule has 1 heteroatoms. The summed E-state index contributed by atoms with van der Waals surface area (Å²) in [5, 5.41) is 2.72. The second kappa shape index (κ2) is 6.12. The molecule has 1 heterocycles. The number of fused-ring (bicyclic) bond motifs is 5. The molecule has 2 aliphatic rings. The van der Waals surface area contributed by atoms with Crippen LogP contribution in [-0.2, 0) is 6.42 Å². The summed E-state index contributed by atoms with van der Waals surface area (Å²) in [6.07, 6.45) is 1.12. The van der Waals surface area contributed by atoms with Crippen molar-refractivity contribution in [3.63, 3.8) is 0 Å². The lowest BCUT2D eigenvalue weighted by molar-refractivity contribution is 0.781. The molecule has 0 bridgehead atoms. The van der Waals surface area contributed by atoms with Crippen LogP contribution in [0.3, 0.4) is 0 Å². The molecule has 1 unspecified atom stereocenters. The SMILES string of the molecule is CC1Cc2ccc3ccccc3c2C1=C1c2ccccc2Sc2ccccc21. The van der Waals surface area contributed by atoms with Crippen molar-refractivity contribution in [1.82, 2.24) is 0 Å². The van der Waals surface area contributed by atoms with Crippen molar-refractivity contribution in [3.05, 3.63) is 107 Å². The molecule has 0 saturated heterocycles. The molecule has 0 saturated carbocycles. The van der Waals surface area contributed by atoms with Crippen molar-refractivity contribution < 1.29 is 0 Å². The third-order valence-electron chi connectivity index (χ3n) is 6.11. The van der Waals surface area contributed by atoms with Crippen molar-refractivity contribution in [2.24, 2.45) is 5.92 Å². The van der Waals surface area contributed by atoms with Crippen LogP contribution < -0.4 is 0 Å². The summed E-state index contributed by atoms with van der Waals surface area (Å²) in [5.41, 5.74) is 8.68. The van der Waals surface area contributed by atoms with Gasteiger partial charge in [0, 0.05) is 9.79 Å². The minimum Gasteiger partial charge on any atom is -0.0888 e. The van der Waals surface area contributed by atoms with Crippen LogP contribution in [0.4, 0.5) is 0 Å². The fourth-order valence-electron chi connectivity index (χ4n) is 4.93. The fraction of sp³-hybridized carbons (Fsp3) is 0.111. The van der Waals surface area contributed by atoms with Gasteiger partial charge in [0.05, 0.1) is 0 Å². The molecule has 0 radical (unpaired) electrons. The third kappa shape index (κ3) is 2.26. The highest BCUT2D eigenvalue weighted by molar-refractivity contribution is 7.99. The molecule has 1 aliphatic carbocycles. The van der Waals surface area contributed by atoms with E-state index in [0.29, 0.717) is 5.92 Å². The minimum atomic E-state index is 0.514. The van der Waals surface area contributed by atoms with E-state index in [-0.39, 0.29) is 0 Å². The molecule has 6 rings (SSSR count). The third-order valence-corrected chi connectivity index (χ3v) is 7.26. The second-order valence-corrected chi connectivity index (χ2v) is 8.89. The Morgan fingerprint density at radius 2 is 1.36 bits per heavy atom. The minimum absolute atomic E-state index is 0.514. The summed E-state index contributed by atoms with van der Waals surface area (Å²) in [5.74, 6) is 0.514. The quantitative estimate of drug-likeness (QED) is 0.270. The van der Waals surface area contributed by atoms with Gasteiger partial charge in [-0.2, -0.15) is 0 Å². The largest absolute Gasteiger partial charge is 0.0888 e. The van der Waals surface area contributed by atoms with E-state index in [9.17, 15) is 0 Å². The van der Waals surface area contributed by atoms with Crippen molar-refractivity contribution in [2.45, 2.75) is 23.1 Å². The first-order valence-corrected chi connectivity index (χ1v) is 10.7. The van der Waals surface area contributed by atoms with Crippen LogP contribution in [0.5, 0.6) is 0 Å². The lowest BCUT2D eigenvalue weighted by Gasteiger charge is -2.26. The van der Waals surface area contributed by atoms with Crippen molar-refractivity contribution >= 4 is 33.7 Å². The molecule has 0 amide bonds. The first kappa shape index (κ1) is 16.2. The first-order valence-electron chi connectivity index (χ1n) is 9.93. The molecule has 0 fully saturated rings. The van der Waals surface area contributed by atoms with E-state index in [2.05, 4.69) is 91.9 Å². The first-order chi connectivity index (χ1) is 13.8. The monoisotopic (exact) mass is 376 g/mol. The Morgan fingerprint density at radius 1 is 0.714 bits per heavy atom. The van der Waals surface area contributed by atoms with E-state index in [1.54, 1.807) is 0 Å². The topological polar surface area (TPSA) is 0 Å². The van der Waals surface area contributed by atoms with Crippen LogP contribution in [0.15, 0.2) is 94.7 Å². The van der Waals surface area contributed by atoms with Crippen molar-refractivity contribution in [2.75, 3.05) is 0 Å². The number of hydrogen-bond donors (Lipinski definition) is 0. The molecule has 0 spiro atoms. The van der Waals surface area contributed by atoms with Crippen LogP contribution in [-0.4, -0.2) is 0 Å². The standard InChI is InChI=1S/C27H20S/c1-17-16-19-15-14-18-8-2-3-9-20(18)26(19)25(17)27-21-10-4-6-12-23(21)28-24-13-7-5-11-22(24)27/h2-15,17H,16H2,1H3. The second-order valence-electron chi connectivity index (χ2n) is 7.81. The van der Waals surface area contributed by atoms with Gasteiger partial charge in [-0.25, -0.2) is 0 Å². The molecule has 0 nitrogen and oxygen atoms in total. The summed E-state index contributed by atoms with van der Waals surface area (Å²) in [6, 6.07) is 31.3. The molecule has 4 aromatic carbocycles. The Kier molecular flexibility index (Phi) is 3.54. The predicted octanol–water partition coefficient (Wildman–Crippen LogP) is 7.46. The molecule has 28 heavy (non-hydrogen) atoms. The van der Waals surface area contributed by atoms with Gasteiger partial charge < -0.3 is 0 Å². The highest BCUT2D eigenvalue weighted by Gasteiger charge is 2.32. The number of benzene rings is 4. The van der Waals surface area contributed by atoms with Gasteiger partial charge in [0.25, 0.3) is 0 Å². The summed E-state index contributed by atoms with van der Waals surface area (Å²) in [7, 11) is 0. The fourth-order valence-corrected chi connectivity index (χ4v) is 6.02. The zero-order valence-corrected chi connectivity index (χ0v) is 16.6. The molecule has 0 N–H and O–H groups in total. The van der Waals surface area contributed by atoms with Gasteiger partial charge in [0.2, 0.25) is 0 Å². The summed E-state index contributed by atoms with van der Waals surface area (Å²) in [6.45, 7) is 2.39. The van der Waals surface area contributed by atoms with E-state index in [1.165, 1.54) is 54.0 Å². The van der Waals surface area contributed by atoms with Crippen LogP contribution in [0.1, 0.15) is 29.2 Å². The Balaban J connectivity index is 1.77. The summed E-state index contributed by atoms with van der Waals surface area (Å²) >= 11 is 1.90. The van der Waals surface area contributed by atoms with Gasteiger partial charge in [-0.1, -0.05) is 91.5 Å². The van der Waals surface area contributed by atoms with Crippen LogP contribution in [0, 0.1) is 5.92 Å². The number of rotatable bonds is 0. The number of hydrogen-bond acceptors (Lipinski definition) is 1. The Morgan fingerprint density at radius 3 is 2.11 bits per heavy atom. The van der Waals surface area contributed by atoms with E-state index < -0.39 is 0 Å². The highest BCUT2D eigenvalue weighted by Crippen LogP contribution is 2.52. The van der Waals surface area contributed by atoms with Gasteiger partial charge >= 0.3 is 0 Å². The maximum atomic E-state index is 2.39. The normalized spacial score (nSPS) is 17.4. The lowest BCUT2D eigenvalue weighted by Crippen LogP contribution is -2.04. The summed E-state index contributed by atoms with van der Waals surface area (Å²) < 4.78 is 0. The smallest absolute Gasteiger partial charge is 0.0201 e. The molecule has 1 aliphatic heterocycles. The van der Waals surface area contributed by atoms with E-state index in [1.807, 2.05) is 11.8 Å². The zero-order chi connectivity index (χ0) is 18.7. The van der Waals surface area contributed by atoms with Gasteiger partial charge in [0.15, 0.2) is 0 Å². The highest BCUT2D eigenvalue weighted by atomic mass is 32.2. The molecular formula is C27H20S. The van der Waals surface area contributed by atoms with Crippen LogP contribution in [0.25, 0.3) is 21.9 Å². The Hall–Kier alpha value is -2.77.